The zero-order valence-electron chi connectivity index (χ0n) is 15.0. The summed E-state index contributed by atoms with van der Waals surface area (Å²) in [6.07, 6.45) is 0. The third-order valence-electron chi connectivity index (χ3n) is 3.73. The number of hydrogen-bond acceptors (Lipinski definition) is 5. The normalized spacial score (nSPS) is 10.4. The second kappa shape index (κ2) is 8.50. The number of aromatic nitrogens is 3. The highest BCUT2D eigenvalue weighted by atomic mass is 32.2. The number of benzene rings is 2. The van der Waals surface area contributed by atoms with E-state index < -0.39 is 11.9 Å². The van der Waals surface area contributed by atoms with Gasteiger partial charge in [-0.3, -0.25) is 10.1 Å². The molecule has 0 saturated heterocycles. The molecule has 1 aromatic heterocycles. The van der Waals surface area contributed by atoms with Crippen molar-refractivity contribution in [1.29, 1.82) is 0 Å². The number of thioether (sulfide) groups is 1. The smallest absolute Gasteiger partial charge is 0.308 e. The average molecular weight is 381 g/mol. The summed E-state index contributed by atoms with van der Waals surface area (Å²) in [6, 6.07) is 16.3. The fourth-order valence-corrected chi connectivity index (χ4v) is 3.16. The van der Waals surface area contributed by atoms with Crippen molar-refractivity contribution in [3.8, 4) is 11.4 Å². The van der Waals surface area contributed by atoms with Crippen LogP contribution in [0.5, 0.6) is 0 Å². The third kappa shape index (κ3) is 4.95. The molecule has 0 bridgehead atoms. The van der Waals surface area contributed by atoms with Crippen molar-refractivity contribution in [3.05, 3.63) is 60.2 Å². The molecule has 7 nitrogen and oxygen atoms in total. The van der Waals surface area contributed by atoms with Gasteiger partial charge >= 0.3 is 6.03 Å². The lowest BCUT2D eigenvalue weighted by atomic mass is 10.1. The predicted octanol–water partition coefficient (Wildman–Crippen LogP) is 3.23. The maximum absolute atomic E-state index is 12.0. The number of urea groups is 1. The third-order valence-corrected chi connectivity index (χ3v) is 4.75. The summed E-state index contributed by atoms with van der Waals surface area (Å²) < 4.78 is 1.83. The van der Waals surface area contributed by atoms with E-state index in [-0.39, 0.29) is 5.75 Å². The number of rotatable bonds is 5. The quantitative estimate of drug-likeness (QED) is 0.663. The van der Waals surface area contributed by atoms with Crippen molar-refractivity contribution in [1.82, 2.24) is 20.1 Å². The van der Waals surface area contributed by atoms with Crippen LogP contribution in [0.15, 0.2) is 59.8 Å². The van der Waals surface area contributed by atoms with E-state index in [1.807, 2.05) is 48.9 Å². The van der Waals surface area contributed by atoms with Crippen molar-refractivity contribution >= 4 is 29.4 Å². The molecule has 0 saturated carbocycles. The minimum absolute atomic E-state index is 0.0575. The Morgan fingerprint density at radius 2 is 1.85 bits per heavy atom. The van der Waals surface area contributed by atoms with Gasteiger partial charge in [0, 0.05) is 18.3 Å². The monoisotopic (exact) mass is 381 g/mol. The number of carbonyl (C=O) groups is 2. The zero-order chi connectivity index (χ0) is 19.2. The summed E-state index contributed by atoms with van der Waals surface area (Å²) in [5.74, 6) is 0.374. The number of carbonyl (C=O) groups excluding carboxylic acids is 2. The number of amides is 3. The Kier molecular flexibility index (Phi) is 5.87. The molecule has 0 radical (unpaired) electrons. The summed E-state index contributed by atoms with van der Waals surface area (Å²) in [6.45, 7) is 2.01. The first-order valence-corrected chi connectivity index (χ1v) is 9.26. The van der Waals surface area contributed by atoms with Gasteiger partial charge in [-0.15, -0.1) is 10.2 Å². The molecular formula is C19H19N5O2S. The number of nitrogens with one attached hydrogen (secondary N) is 2. The fourth-order valence-electron chi connectivity index (χ4n) is 2.45. The van der Waals surface area contributed by atoms with E-state index in [0.29, 0.717) is 10.8 Å². The molecule has 0 fully saturated rings. The number of aryl methyl sites for hydroxylation is 1. The molecule has 2 aromatic carbocycles. The Balaban J connectivity index is 1.55. The van der Waals surface area contributed by atoms with Gasteiger partial charge in [0.05, 0.1) is 5.75 Å². The van der Waals surface area contributed by atoms with Crippen molar-refractivity contribution in [2.75, 3.05) is 11.1 Å². The van der Waals surface area contributed by atoms with Crippen molar-refractivity contribution in [2.45, 2.75) is 12.1 Å². The maximum Gasteiger partial charge on any atom is 0.325 e. The zero-order valence-corrected chi connectivity index (χ0v) is 15.8. The van der Waals surface area contributed by atoms with Gasteiger partial charge in [0.25, 0.3) is 0 Å². The first-order valence-electron chi connectivity index (χ1n) is 8.28. The minimum Gasteiger partial charge on any atom is -0.308 e. The van der Waals surface area contributed by atoms with Gasteiger partial charge in [-0.05, 0) is 25.1 Å². The minimum atomic E-state index is -0.565. The van der Waals surface area contributed by atoms with Gasteiger partial charge in [-0.2, -0.15) is 0 Å². The second-order valence-electron chi connectivity index (χ2n) is 5.89. The molecule has 8 heteroatoms. The molecule has 2 N–H and O–H groups in total. The Morgan fingerprint density at radius 3 is 2.59 bits per heavy atom. The van der Waals surface area contributed by atoms with Gasteiger partial charge in [0.15, 0.2) is 11.0 Å². The number of anilines is 1. The molecule has 138 valence electrons. The Hall–Kier alpha value is -3.13. The molecule has 0 spiro atoms. The maximum atomic E-state index is 12.0. The van der Waals surface area contributed by atoms with Crippen LogP contribution in [0.3, 0.4) is 0 Å². The van der Waals surface area contributed by atoms with Crippen LogP contribution in [-0.2, 0) is 11.8 Å². The van der Waals surface area contributed by atoms with E-state index >= 15 is 0 Å². The molecule has 0 aliphatic carbocycles. The van der Waals surface area contributed by atoms with Crippen LogP contribution in [-0.4, -0.2) is 32.5 Å². The van der Waals surface area contributed by atoms with Crippen molar-refractivity contribution in [3.63, 3.8) is 0 Å². The van der Waals surface area contributed by atoms with Gasteiger partial charge < -0.3 is 9.88 Å². The van der Waals surface area contributed by atoms with Crippen LogP contribution in [0.25, 0.3) is 11.4 Å². The van der Waals surface area contributed by atoms with E-state index in [0.717, 1.165) is 17.0 Å². The molecule has 1 heterocycles. The van der Waals surface area contributed by atoms with E-state index in [9.17, 15) is 9.59 Å². The predicted molar refractivity (Wildman–Crippen MR) is 106 cm³/mol. The molecule has 0 unspecified atom stereocenters. The van der Waals surface area contributed by atoms with Crippen LogP contribution < -0.4 is 10.6 Å². The number of para-hydroxylation sites is 1. The molecule has 0 aliphatic heterocycles. The van der Waals surface area contributed by atoms with Crippen LogP contribution in [0.2, 0.25) is 0 Å². The standard InChI is InChI=1S/C19H19N5O2S/c1-13-7-6-8-14(11-13)17-22-23-19(24(17)2)27-12-16(25)21-18(26)20-15-9-4-3-5-10-15/h3-11H,12H2,1-2H3,(H2,20,21,25,26). The summed E-state index contributed by atoms with van der Waals surface area (Å²) in [5, 5.41) is 13.8. The molecule has 3 aromatic rings. The lowest BCUT2D eigenvalue weighted by molar-refractivity contribution is -0.117. The number of imide groups is 1. The van der Waals surface area contributed by atoms with E-state index in [1.165, 1.54) is 11.8 Å². The molecular weight excluding hydrogens is 362 g/mol. The van der Waals surface area contributed by atoms with Crippen LogP contribution in [0.1, 0.15) is 5.56 Å². The molecule has 27 heavy (non-hydrogen) atoms. The summed E-state index contributed by atoms with van der Waals surface area (Å²) in [4.78, 5) is 23.8. The van der Waals surface area contributed by atoms with Gasteiger partial charge in [-0.25, -0.2) is 4.79 Å². The first-order chi connectivity index (χ1) is 13.0. The van der Waals surface area contributed by atoms with E-state index in [1.54, 1.807) is 24.3 Å². The Bertz CT molecular complexity index is 956. The number of nitrogens with zero attached hydrogens (tertiary/aromatic N) is 3. The largest absolute Gasteiger partial charge is 0.325 e. The topological polar surface area (TPSA) is 88.9 Å². The molecule has 3 amide bonds. The SMILES string of the molecule is Cc1cccc(-c2nnc(SCC(=O)NC(=O)Nc3ccccc3)n2C)c1. The van der Waals surface area contributed by atoms with Crippen LogP contribution in [0.4, 0.5) is 10.5 Å². The Morgan fingerprint density at radius 1 is 1.07 bits per heavy atom. The summed E-state index contributed by atoms with van der Waals surface area (Å²) >= 11 is 1.22. The molecule has 3 rings (SSSR count). The second-order valence-corrected chi connectivity index (χ2v) is 6.83. The lowest BCUT2D eigenvalue weighted by Crippen LogP contribution is -2.35. The first kappa shape index (κ1) is 18.7. The highest BCUT2D eigenvalue weighted by Crippen LogP contribution is 2.23. The van der Waals surface area contributed by atoms with E-state index in [2.05, 4.69) is 20.8 Å². The van der Waals surface area contributed by atoms with Crippen molar-refractivity contribution in [2.24, 2.45) is 7.05 Å². The summed E-state index contributed by atoms with van der Waals surface area (Å²) in [7, 11) is 1.85. The lowest BCUT2D eigenvalue weighted by Gasteiger charge is -2.07. The molecule has 0 atom stereocenters. The van der Waals surface area contributed by atoms with E-state index in [4.69, 9.17) is 0 Å². The van der Waals surface area contributed by atoms with Gasteiger partial charge in [-0.1, -0.05) is 53.7 Å². The van der Waals surface area contributed by atoms with Crippen molar-refractivity contribution < 1.29 is 9.59 Å². The highest BCUT2D eigenvalue weighted by molar-refractivity contribution is 7.99. The Labute approximate surface area is 161 Å². The molecule has 0 aliphatic rings. The summed E-state index contributed by atoms with van der Waals surface area (Å²) in [5.41, 5.74) is 2.71. The number of hydrogen-bond donors (Lipinski definition) is 2. The van der Waals surface area contributed by atoms with Gasteiger partial charge in [0.1, 0.15) is 0 Å². The average Bonchev–Trinajstić information content (AvgIpc) is 3.01. The van der Waals surface area contributed by atoms with Crippen LogP contribution in [0, 0.1) is 6.92 Å². The van der Waals surface area contributed by atoms with Gasteiger partial charge in [0.2, 0.25) is 5.91 Å². The highest BCUT2D eigenvalue weighted by Gasteiger charge is 2.14. The fraction of sp³-hybridized carbons (Fsp3) is 0.158. The van der Waals surface area contributed by atoms with Crippen LogP contribution >= 0.6 is 11.8 Å².